The molecule has 0 fully saturated rings. The molecule has 74 valence electrons. The summed E-state index contributed by atoms with van der Waals surface area (Å²) in [5.41, 5.74) is 0.927. The molecule has 0 amide bonds. The number of nitrogens with zero attached hydrogens (tertiary/aromatic N) is 3. The Morgan fingerprint density at radius 2 is 2.43 bits per heavy atom. The van der Waals surface area contributed by atoms with Crippen molar-refractivity contribution in [2.24, 2.45) is 4.36 Å². The number of aromatic nitrogens is 1. The Bertz CT molecular complexity index is 371. The second kappa shape index (κ2) is 5.70. The summed E-state index contributed by atoms with van der Waals surface area (Å²) >= 11 is 5.59. The van der Waals surface area contributed by atoms with Crippen LogP contribution in [0, 0.1) is 11.5 Å². The summed E-state index contributed by atoms with van der Waals surface area (Å²) < 4.78 is 14.1. The first-order valence-electron chi connectivity index (χ1n) is 3.81. The van der Waals surface area contributed by atoms with Crippen molar-refractivity contribution in [2.75, 3.05) is 5.75 Å². The van der Waals surface area contributed by atoms with Crippen molar-refractivity contribution >= 4 is 22.6 Å². The quantitative estimate of drug-likeness (QED) is 0.584. The monoisotopic (exact) mass is 228 g/mol. The Balaban J connectivity index is 2.51. The summed E-state index contributed by atoms with van der Waals surface area (Å²) in [4.78, 5) is 3.87. The molecular weight excluding hydrogens is 222 g/mol. The average molecular weight is 229 g/mol. The van der Waals surface area contributed by atoms with E-state index < -0.39 is 11.0 Å². The molecule has 1 rings (SSSR count). The van der Waals surface area contributed by atoms with Crippen molar-refractivity contribution in [3.63, 3.8) is 0 Å². The van der Waals surface area contributed by atoms with Gasteiger partial charge in [-0.3, -0.25) is 0 Å². The van der Waals surface area contributed by atoms with Gasteiger partial charge in [-0.2, -0.15) is 20.6 Å². The Morgan fingerprint density at radius 3 is 3.00 bits per heavy atom. The number of halogens is 1. The normalized spacial score (nSPS) is 12.4. The van der Waals surface area contributed by atoms with Gasteiger partial charge in [0.25, 0.3) is 0 Å². The van der Waals surface area contributed by atoms with Crippen molar-refractivity contribution in [3.05, 3.63) is 29.0 Å². The van der Waals surface area contributed by atoms with Crippen LogP contribution in [0.2, 0.25) is 5.15 Å². The molecule has 0 saturated carbocycles. The summed E-state index contributed by atoms with van der Waals surface area (Å²) in [6, 6.07) is 3.47. The fraction of sp³-hybridized carbons (Fsp3) is 0.250. The molecule has 1 atom stereocenters. The van der Waals surface area contributed by atoms with Crippen LogP contribution in [-0.2, 0) is 17.4 Å². The van der Waals surface area contributed by atoms with Crippen molar-refractivity contribution in [1.82, 2.24) is 4.98 Å². The molecule has 0 N–H and O–H groups in total. The molecule has 1 unspecified atom stereocenters. The molecule has 4 nitrogen and oxygen atoms in total. The molecule has 0 radical (unpaired) electrons. The summed E-state index contributed by atoms with van der Waals surface area (Å²) in [6.07, 6.45) is 3.69. The molecule has 0 aromatic carbocycles. The Kier molecular flexibility index (Phi) is 4.53. The third kappa shape index (κ3) is 3.83. The van der Waals surface area contributed by atoms with Crippen LogP contribution < -0.4 is 0 Å². The van der Waals surface area contributed by atoms with Gasteiger partial charge in [0.2, 0.25) is 6.19 Å². The largest absolute Gasteiger partial charge is 0.788 e. The van der Waals surface area contributed by atoms with Crippen molar-refractivity contribution < 1.29 is 4.55 Å². The van der Waals surface area contributed by atoms with Crippen LogP contribution in [0.4, 0.5) is 0 Å². The van der Waals surface area contributed by atoms with Gasteiger partial charge in [-0.1, -0.05) is 17.7 Å². The van der Waals surface area contributed by atoms with Gasteiger partial charge in [-0.05, 0) is 23.8 Å². The predicted molar refractivity (Wildman–Crippen MR) is 54.0 cm³/mol. The Labute approximate surface area is 89.5 Å². The van der Waals surface area contributed by atoms with Crippen molar-refractivity contribution in [2.45, 2.75) is 6.42 Å². The predicted octanol–water partition coefficient (Wildman–Crippen LogP) is 1.69. The number of nitriles is 1. The van der Waals surface area contributed by atoms with Crippen molar-refractivity contribution in [1.29, 1.82) is 5.26 Å². The SMILES string of the molecule is N#CN=S([O-])CCc1ccc(Cl)nc1. The van der Waals surface area contributed by atoms with Gasteiger partial charge >= 0.3 is 0 Å². The van der Waals surface area contributed by atoms with Crippen LogP contribution >= 0.6 is 11.6 Å². The van der Waals surface area contributed by atoms with Gasteiger partial charge in [-0.15, -0.1) is 0 Å². The molecule has 6 heteroatoms. The standard InChI is InChI=1S/C8H7ClN3OS/c9-8-2-1-7(5-11-8)3-4-14(13)12-6-10/h1-2,5H,3-4H2/q-1. The molecule has 1 aromatic heterocycles. The Morgan fingerprint density at radius 1 is 1.64 bits per heavy atom. The molecule has 0 aliphatic rings. The smallest absolute Gasteiger partial charge is 0.211 e. The highest BCUT2D eigenvalue weighted by atomic mass is 35.5. The zero-order valence-electron chi connectivity index (χ0n) is 7.18. The fourth-order valence-corrected chi connectivity index (χ4v) is 1.56. The van der Waals surface area contributed by atoms with Crippen LogP contribution in [-0.4, -0.2) is 15.3 Å². The zero-order chi connectivity index (χ0) is 10.4. The number of hydrogen-bond acceptors (Lipinski definition) is 4. The summed E-state index contributed by atoms with van der Waals surface area (Å²) in [6.45, 7) is 0. The van der Waals surface area contributed by atoms with Crippen molar-refractivity contribution in [3.8, 4) is 6.19 Å². The Hall–Kier alpha value is -0.960. The van der Waals surface area contributed by atoms with E-state index in [1.54, 1.807) is 18.3 Å². The molecule has 0 aliphatic carbocycles. The number of aryl methyl sites for hydroxylation is 1. The lowest BCUT2D eigenvalue weighted by molar-refractivity contribution is 0.604. The van der Waals surface area contributed by atoms with Gasteiger partial charge in [0, 0.05) is 6.20 Å². The van der Waals surface area contributed by atoms with E-state index in [-0.39, 0.29) is 0 Å². The first kappa shape index (κ1) is 11.1. The summed E-state index contributed by atoms with van der Waals surface area (Å²) in [7, 11) is -1.42. The van der Waals surface area contributed by atoms with E-state index in [0.717, 1.165) is 5.56 Å². The molecule has 0 saturated heterocycles. The second-order valence-corrected chi connectivity index (χ2v) is 4.08. The molecular formula is C8H7ClN3OS-. The van der Waals surface area contributed by atoms with E-state index in [1.165, 1.54) is 6.19 Å². The maximum absolute atomic E-state index is 11.0. The summed E-state index contributed by atoms with van der Waals surface area (Å²) in [5.74, 6) is 0.330. The lowest BCUT2D eigenvalue weighted by Gasteiger charge is -2.08. The van der Waals surface area contributed by atoms with Crippen LogP contribution in [0.25, 0.3) is 0 Å². The van der Waals surface area contributed by atoms with Crippen LogP contribution in [0.3, 0.4) is 0 Å². The minimum absolute atomic E-state index is 0.330. The van der Waals surface area contributed by atoms with E-state index in [1.807, 2.05) is 0 Å². The van der Waals surface area contributed by atoms with E-state index in [2.05, 4.69) is 9.35 Å². The van der Waals surface area contributed by atoms with E-state index in [4.69, 9.17) is 16.9 Å². The minimum Gasteiger partial charge on any atom is -0.788 e. The van der Waals surface area contributed by atoms with Gasteiger partial charge in [0.05, 0.1) is 0 Å². The van der Waals surface area contributed by atoms with Gasteiger partial charge in [-0.25, -0.2) is 4.98 Å². The van der Waals surface area contributed by atoms with Crippen LogP contribution in [0.5, 0.6) is 0 Å². The molecule has 1 heterocycles. The zero-order valence-corrected chi connectivity index (χ0v) is 8.75. The maximum Gasteiger partial charge on any atom is 0.211 e. The third-order valence-electron chi connectivity index (χ3n) is 1.50. The number of pyridine rings is 1. The molecule has 0 spiro atoms. The van der Waals surface area contributed by atoms with E-state index >= 15 is 0 Å². The molecule has 1 aromatic rings. The maximum atomic E-state index is 11.0. The lowest BCUT2D eigenvalue weighted by atomic mass is 10.2. The number of rotatable bonds is 3. The highest BCUT2D eigenvalue weighted by molar-refractivity contribution is 7.81. The molecule has 14 heavy (non-hydrogen) atoms. The highest BCUT2D eigenvalue weighted by Gasteiger charge is 1.93. The average Bonchev–Trinajstić information content (AvgIpc) is 2.17. The van der Waals surface area contributed by atoms with Crippen LogP contribution in [0.15, 0.2) is 22.7 Å². The van der Waals surface area contributed by atoms with Gasteiger partial charge < -0.3 is 4.55 Å². The third-order valence-corrected chi connectivity index (χ3v) is 2.56. The minimum atomic E-state index is -1.42. The molecule has 0 bridgehead atoms. The molecule has 0 aliphatic heterocycles. The highest BCUT2D eigenvalue weighted by Crippen LogP contribution is 2.06. The number of hydrogen-bond donors (Lipinski definition) is 0. The van der Waals surface area contributed by atoms with Gasteiger partial charge in [0.1, 0.15) is 5.15 Å². The van der Waals surface area contributed by atoms with E-state index in [9.17, 15) is 4.55 Å². The van der Waals surface area contributed by atoms with Crippen LogP contribution in [0.1, 0.15) is 5.56 Å². The van der Waals surface area contributed by atoms with Gasteiger partial charge in [0.15, 0.2) is 0 Å². The lowest BCUT2D eigenvalue weighted by Crippen LogP contribution is -1.99. The first-order valence-corrected chi connectivity index (χ1v) is 5.46. The second-order valence-electron chi connectivity index (χ2n) is 2.46. The summed E-state index contributed by atoms with van der Waals surface area (Å²) in [5, 5.41) is 8.56. The van der Waals surface area contributed by atoms with E-state index in [0.29, 0.717) is 17.3 Å². The fourth-order valence-electron chi connectivity index (χ4n) is 0.851. The topological polar surface area (TPSA) is 72.1 Å². The first-order chi connectivity index (χ1) is 6.72.